The third kappa shape index (κ3) is 3.20. The molecule has 1 aliphatic carbocycles. The van der Waals surface area contributed by atoms with Gasteiger partial charge in [0.25, 0.3) is 0 Å². The molecule has 5 unspecified atom stereocenters. The zero-order chi connectivity index (χ0) is 16.8. The number of hydrogen-bond acceptors (Lipinski definition) is 7. The molecule has 4 heterocycles. The van der Waals surface area contributed by atoms with Gasteiger partial charge in [0, 0.05) is 56.1 Å². The summed E-state index contributed by atoms with van der Waals surface area (Å²) in [6, 6.07) is 3.87. The van der Waals surface area contributed by atoms with Gasteiger partial charge in [0.2, 0.25) is 5.95 Å². The van der Waals surface area contributed by atoms with Gasteiger partial charge >= 0.3 is 0 Å². The number of fused-ring (bicyclic) bond motifs is 3. The summed E-state index contributed by atoms with van der Waals surface area (Å²) in [4.78, 5) is 12.0. The Bertz CT molecular complexity index is 624. The molecule has 1 aromatic heterocycles. The van der Waals surface area contributed by atoms with Crippen LogP contribution in [-0.4, -0.2) is 54.3 Å². The van der Waals surface area contributed by atoms with Gasteiger partial charge in [-0.15, -0.1) is 0 Å². The van der Waals surface area contributed by atoms with Crippen molar-refractivity contribution in [2.75, 3.05) is 36.4 Å². The van der Waals surface area contributed by atoms with E-state index in [2.05, 4.69) is 39.4 Å². The Morgan fingerprint density at radius 1 is 1.16 bits per heavy atom. The molecule has 1 saturated carbocycles. The van der Waals surface area contributed by atoms with Crippen LogP contribution >= 0.6 is 0 Å². The van der Waals surface area contributed by atoms with Crippen LogP contribution in [0.1, 0.15) is 31.4 Å². The van der Waals surface area contributed by atoms with Gasteiger partial charge in [0.1, 0.15) is 5.82 Å². The molecular weight excluding hydrogens is 314 g/mol. The number of rotatable bonds is 3. The van der Waals surface area contributed by atoms with Gasteiger partial charge in [-0.2, -0.15) is 4.98 Å². The number of aryl methyl sites for hydroxylation is 1. The Labute approximate surface area is 149 Å². The van der Waals surface area contributed by atoms with E-state index in [-0.39, 0.29) is 0 Å². The molecule has 3 saturated heterocycles. The lowest BCUT2D eigenvalue weighted by Crippen LogP contribution is -2.42. The highest BCUT2D eigenvalue weighted by atomic mass is 15.4. The summed E-state index contributed by atoms with van der Waals surface area (Å²) in [6.07, 6.45) is 4.94. The van der Waals surface area contributed by atoms with Gasteiger partial charge in [0.05, 0.1) is 0 Å². The number of nitrogens with one attached hydrogen (secondary N) is 4. The summed E-state index contributed by atoms with van der Waals surface area (Å²) in [5.74, 6) is 3.38. The fraction of sp³-hybridized carbons (Fsp3) is 0.778. The molecule has 4 fully saturated rings. The van der Waals surface area contributed by atoms with E-state index in [1.807, 2.05) is 0 Å². The molecule has 5 rings (SSSR count). The molecule has 2 bridgehead atoms. The van der Waals surface area contributed by atoms with Crippen molar-refractivity contribution in [2.24, 2.45) is 11.8 Å². The average Bonchev–Trinajstić information content (AvgIpc) is 3.19. The Morgan fingerprint density at radius 3 is 3.04 bits per heavy atom. The molecule has 0 amide bonds. The van der Waals surface area contributed by atoms with Crippen molar-refractivity contribution in [2.45, 2.75) is 50.7 Å². The fourth-order valence-corrected chi connectivity index (χ4v) is 5.11. The summed E-state index contributed by atoms with van der Waals surface area (Å²) < 4.78 is 0. The number of aromatic nitrogens is 2. The van der Waals surface area contributed by atoms with E-state index in [4.69, 9.17) is 9.97 Å². The van der Waals surface area contributed by atoms with Crippen LogP contribution < -0.4 is 26.4 Å². The van der Waals surface area contributed by atoms with Crippen LogP contribution in [0.2, 0.25) is 0 Å². The van der Waals surface area contributed by atoms with Crippen LogP contribution in [0.25, 0.3) is 0 Å². The Morgan fingerprint density at radius 2 is 2.12 bits per heavy atom. The summed E-state index contributed by atoms with van der Waals surface area (Å²) in [5, 5.41) is 7.31. The molecule has 5 atom stereocenters. The summed E-state index contributed by atoms with van der Waals surface area (Å²) in [6.45, 7) is 6.42. The Hall–Kier alpha value is -1.44. The normalized spacial score (nSPS) is 37.2. The number of hydrogen-bond donors (Lipinski definition) is 4. The second-order valence-electron chi connectivity index (χ2n) is 8.35. The van der Waals surface area contributed by atoms with E-state index >= 15 is 0 Å². The fourth-order valence-electron chi connectivity index (χ4n) is 5.11. The van der Waals surface area contributed by atoms with Crippen LogP contribution in [0.3, 0.4) is 0 Å². The van der Waals surface area contributed by atoms with Gasteiger partial charge in [-0.3, -0.25) is 10.9 Å². The minimum Gasteiger partial charge on any atom is -0.367 e. The van der Waals surface area contributed by atoms with Crippen LogP contribution in [0.4, 0.5) is 11.8 Å². The molecule has 7 heteroatoms. The van der Waals surface area contributed by atoms with Gasteiger partial charge < -0.3 is 15.5 Å². The maximum absolute atomic E-state index is 4.88. The van der Waals surface area contributed by atoms with Crippen molar-refractivity contribution >= 4 is 11.8 Å². The SMILES string of the molecule is Cc1cc(NC2CCC3NNCC3C2)nc(N2CC3CNC(C3)C2)n1. The zero-order valence-electron chi connectivity index (χ0n) is 15.0. The molecule has 0 radical (unpaired) electrons. The first-order valence-electron chi connectivity index (χ1n) is 9.82. The monoisotopic (exact) mass is 343 g/mol. The Kier molecular flexibility index (Phi) is 4.03. The van der Waals surface area contributed by atoms with E-state index in [0.29, 0.717) is 18.1 Å². The molecule has 4 N–H and O–H groups in total. The van der Waals surface area contributed by atoms with Crippen molar-refractivity contribution in [3.05, 3.63) is 11.8 Å². The first-order valence-corrected chi connectivity index (χ1v) is 9.82. The molecule has 1 aromatic rings. The largest absolute Gasteiger partial charge is 0.367 e. The predicted octanol–water partition coefficient (Wildman–Crippen LogP) is 0.640. The van der Waals surface area contributed by atoms with E-state index in [1.54, 1.807) is 0 Å². The van der Waals surface area contributed by atoms with Crippen LogP contribution in [0.15, 0.2) is 6.07 Å². The summed E-state index contributed by atoms with van der Waals surface area (Å²) in [7, 11) is 0. The van der Waals surface area contributed by atoms with Crippen molar-refractivity contribution in [1.29, 1.82) is 0 Å². The zero-order valence-corrected chi connectivity index (χ0v) is 15.0. The number of piperidine rings is 1. The molecule has 25 heavy (non-hydrogen) atoms. The molecule has 0 spiro atoms. The van der Waals surface area contributed by atoms with Crippen molar-refractivity contribution < 1.29 is 0 Å². The highest BCUT2D eigenvalue weighted by molar-refractivity contribution is 5.45. The van der Waals surface area contributed by atoms with E-state index in [1.165, 1.54) is 25.7 Å². The van der Waals surface area contributed by atoms with Crippen LogP contribution in [0.5, 0.6) is 0 Å². The quantitative estimate of drug-likeness (QED) is 0.642. The number of nitrogens with zero attached hydrogens (tertiary/aromatic N) is 3. The highest BCUT2D eigenvalue weighted by Gasteiger charge is 2.35. The van der Waals surface area contributed by atoms with Crippen LogP contribution in [0, 0.1) is 18.8 Å². The first-order chi connectivity index (χ1) is 12.2. The van der Waals surface area contributed by atoms with E-state index in [0.717, 1.165) is 55.5 Å². The second-order valence-corrected chi connectivity index (χ2v) is 8.35. The maximum Gasteiger partial charge on any atom is 0.227 e. The average molecular weight is 343 g/mol. The number of anilines is 2. The third-order valence-electron chi connectivity index (χ3n) is 6.34. The molecular formula is C18H29N7. The molecule has 3 aliphatic heterocycles. The predicted molar refractivity (Wildman–Crippen MR) is 98.6 cm³/mol. The maximum atomic E-state index is 4.88. The minimum atomic E-state index is 0.518. The van der Waals surface area contributed by atoms with Crippen molar-refractivity contribution in [1.82, 2.24) is 26.1 Å². The lowest BCUT2D eigenvalue weighted by molar-refractivity contribution is 0.314. The first kappa shape index (κ1) is 15.8. The number of hydrazine groups is 1. The highest BCUT2D eigenvalue weighted by Crippen LogP contribution is 2.30. The van der Waals surface area contributed by atoms with E-state index < -0.39 is 0 Å². The topological polar surface area (TPSA) is 77.1 Å². The molecule has 136 valence electrons. The van der Waals surface area contributed by atoms with Gasteiger partial charge in [-0.1, -0.05) is 0 Å². The summed E-state index contributed by atoms with van der Waals surface area (Å²) in [5.41, 5.74) is 7.76. The lowest BCUT2D eigenvalue weighted by atomic mass is 9.83. The van der Waals surface area contributed by atoms with Gasteiger partial charge in [-0.25, -0.2) is 4.98 Å². The van der Waals surface area contributed by atoms with Gasteiger partial charge in [0.15, 0.2) is 0 Å². The van der Waals surface area contributed by atoms with Crippen LogP contribution in [-0.2, 0) is 0 Å². The van der Waals surface area contributed by atoms with Crippen molar-refractivity contribution in [3.8, 4) is 0 Å². The second kappa shape index (κ2) is 6.37. The standard InChI is InChI=1S/C18H29N7/c1-11-4-17(22-14-2-3-16-13(6-14)8-20-24-16)23-18(21-11)25-9-12-5-15(10-25)19-7-12/h4,12-16,19-20,24H,2-3,5-10H2,1H3,(H,21,22,23). The molecule has 7 nitrogen and oxygen atoms in total. The lowest BCUT2D eigenvalue weighted by Gasteiger charge is -2.33. The summed E-state index contributed by atoms with van der Waals surface area (Å²) >= 11 is 0. The smallest absolute Gasteiger partial charge is 0.227 e. The Balaban J connectivity index is 1.30. The third-order valence-corrected chi connectivity index (χ3v) is 6.34. The van der Waals surface area contributed by atoms with Gasteiger partial charge in [-0.05, 0) is 44.4 Å². The molecule has 0 aromatic carbocycles. The minimum absolute atomic E-state index is 0.518. The molecule has 4 aliphatic rings. The van der Waals surface area contributed by atoms with Crippen molar-refractivity contribution in [3.63, 3.8) is 0 Å². The van der Waals surface area contributed by atoms with E-state index in [9.17, 15) is 0 Å².